The molecule has 6 heterocycles. The van der Waals surface area contributed by atoms with Gasteiger partial charge in [-0.2, -0.15) is 44.5 Å². The second kappa shape index (κ2) is 41.0. The summed E-state index contributed by atoms with van der Waals surface area (Å²) in [5.74, 6) is 0.0418. The number of aromatic hydroxyl groups is 1. The number of nitrogens with zero attached hydrogens (tertiary/aromatic N) is 8. The van der Waals surface area contributed by atoms with E-state index in [0.717, 1.165) is 134 Å². The van der Waals surface area contributed by atoms with E-state index in [-0.39, 0.29) is 148 Å². The van der Waals surface area contributed by atoms with Crippen LogP contribution in [0.15, 0.2) is 227 Å². The largest absolute Gasteiger partial charge is 1.00 e. The van der Waals surface area contributed by atoms with Gasteiger partial charge in [-0.05, 0) is 189 Å². The summed E-state index contributed by atoms with van der Waals surface area (Å²) < 4.78 is 149. The Morgan fingerprint density at radius 1 is 0.483 bits per heavy atom. The minimum Gasteiger partial charge on any atom is -1.00 e. The Morgan fingerprint density at radius 3 is 1.49 bits per heavy atom. The van der Waals surface area contributed by atoms with Crippen molar-refractivity contribution in [1.29, 1.82) is 0 Å². The van der Waals surface area contributed by atoms with Gasteiger partial charge in [0, 0.05) is 136 Å². The van der Waals surface area contributed by atoms with Crippen LogP contribution in [-0.2, 0) is 62.1 Å². The number of phenols is 1. The molecule has 0 radical (unpaired) electrons. The molecule has 6 aliphatic rings. The average Bonchev–Trinajstić information content (AvgIpc) is 1.61. The van der Waals surface area contributed by atoms with Gasteiger partial charge in [0.05, 0.1) is 56.7 Å². The summed E-state index contributed by atoms with van der Waals surface area (Å²) in [6.07, 6.45) is 27.3. The molecule has 32 heteroatoms. The molecule has 120 heavy (non-hydrogen) atoms. The molecule has 0 spiro atoms. The Bertz CT molecular complexity index is 6010. The van der Waals surface area contributed by atoms with Crippen molar-refractivity contribution in [2.24, 2.45) is 0 Å². The van der Waals surface area contributed by atoms with E-state index < -0.39 is 46.2 Å². The van der Waals surface area contributed by atoms with E-state index in [0.29, 0.717) is 74.9 Å². The molecule has 0 amide bonds. The third-order valence-electron chi connectivity index (χ3n) is 22.6. The number of H-pyrrole nitrogens is 2. The van der Waals surface area contributed by atoms with Gasteiger partial charge in [0.2, 0.25) is 17.1 Å². The molecule has 8 aromatic rings. The Labute approximate surface area is 777 Å². The maximum atomic E-state index is 11.4. The van der Waals surface area contributed by atoms with Crippen LogP contribution >= 0.6 is 11.6 Å². The molecule has 0 bridgehead atoms. The van der Waals surface area contributed by atoms with Gasteiger partial charge in [0.1, 0.15) is 52.4 Å². The molecule has 3 N–H and O–H groups in total. The number of phenolic OH excluding ortho intramolecular Hbond substituents is 1. The summed E-state index contributed by atoms with van der Waals surface area (Å²) in [5.41, 5.74) is 18.9. The number of allylic oxidation sites excluding steroid dienone is 15. The number of para-hydroxylation sites is 4. The van der Waals surface area contributed by atoms with Gasteiger partial charge in [0.15, 0.2) is 23.3 Å². The number of fused-ring (bicyclic) bond motifs is 6. The second-order valence-corrected chi connectivity index (χ2v) is 38.8. The zero-order valence-electron chi connectivity index (χ0n) is 71.1. The SMILES string of the molecule is CC1(C)C(/C=C/C2=C(Cl)C(=C/C=C3/N(CCCCS(=O)(=O)[O-])c4ccccc4C3(C)C)/CCC2)=[N+](CCCCS(=O)(=O)[O-])c2ccccc21.CC1(C)C(=CC=C2CCCC(C=CC3=[N+](CCCCS(=O)(=O)[O-])c4ccccc4C3(C)C)=C2Oc2ccc3n[nH]nc3c2)[N+](=CCCCS(=O)(=O)[O-])c2ccccc21.Oc1ccc2n[nH]nc2c1.[H-].[Na+].[Na+].[Na+]. The van der Waals surface area contributed by atoms with Crippen LogP contribution in [0.25, 0.3) is 22.1 Å². The van der Waals surface area contributed by atoms with E-state index in [1.807, 2.05) is 72.9 Å². The number of ether oxygens (including phenoxy) is 1. The second-order valence-electron chi connectivity index (χ2n) is 32.3. The predicted molar refractivity (Wildman–Crippen MR) is 455 cm³/mol. The van der Waals surface area contributed by atoms with Gasteiger partial charge < -0.3 is 34.4 Å². The summed E-state index contributed by atoms with van der Waals surface area (Å²) in [7, 11) is -17.1. The van der Waals surface area contributed by atoms with Gasteiger partial charge in [-0.15, -0.1) is 0 Å². The maximum Gasteiger partial charge on any atom is 1.00 e. The van der Waals surface area contributed by atoms with Crippen LogP contribution in [0, 0.1) is 0 Å². The molecule has 0 saturated carbocycles. The average molecular weight is 1760 g/mol. The van der Waals surface area contributed by atoms with Crippen molar-refractivity contribution in [3.8, 4) is 11.5 Å². The van der Waals surface area contributed by atoms with Crippen LogP contribution < -0.4 is 98.3 Å². The smallest absolute Gasteiger partial charge is 1.00 e. The fourth-order valence-corrected chi connectivity index (χ4v) is 19.2. The maximum absolute atomic E-state index is 11.4. The molecule has 0 atom stereocenters. The van der Waals surface area contributed by atoms with Crippen molar-refractivity contribution >= 4 is 115 Å². The van der Waals surface area contributed by atoms with Crippen molar-refractivity contribution in [2.45, 2.75) is 167 Å². The first-order valence-electron chi connectivity index (χ1n) is 39.5. The van der Waals surface area contributed by atoms with Crippen molar-refractivity contribution in [1.82, 2.24) is 30.8 Å². The number of anilines is 1. The van der Waals surface area contributed by atoms with Crippen molar-refractivity contribution in [3.05, 3.63) is 249 Å². The zero-order chi connectivity index (χ0) is 83.9. The van der Waals surface area contributed by atoms with E-state index >= 15 is 0 Å². The summed E-state index contributed by atoms with van der Waals surface area (Å²) in [5, 5.41) is 30.9. The first-order chi connectivity index (χ1) is 55.4. The van der Waals surface area contributed by atoms with Crippen LogP contribution in [0.4, 0.5) is 22.7 Å². The third-order valence-corrected chi connectivity index (χ3v) is 26.3. The molecule has 14 rings (SSSR count). The quantitative estimate of drug-likeness (QED) is 0.0203. The molecule has 2 aliphatic carbocycles. The van der Waals surface area contributed by atoms with Crippen LogP contribution in [0.5, 0.6) is 11.5 Å². The summed E-state index contributed by atoms with van der Waals surface area (Å²) in [6.45, 7) is 19.2. The first-order valence-corrected chi connectivity index (χ1v) is 46.2. The standard InChI is InChI=1S/C44H49N5O7S2.C38H47ClN2O6S2.C6H5N3O.3Na.H/c1-43(2)34-16-5-7-18-38(34)48(26-9-11-28-57(50,51)52)40(43)24-20-31-14-13-15-32(42(31)56-33-22-23-36-37(30-33)46-47-45-36)21-25-41-44(3,4)35-17-6-8-19-39(35)49(41)27-10-12-29-58(53,54)55;1-37(2)30-16-5-7-18-32(30)40(24-9-11-26-48(42,43)44)34(37)22-20-28-14-13-15-29(36(28)39)21-23-35-38(3,4)31-17-6-8-19-33(31)41(35)25-10-12-27-49(45,46)47;10-4-1-2-5-6(3-4)8-9-7-5;;;;/h5-8,16-26,30H,9-15,27-29H2,1-4H3,(H-2,45,46,47,50,51,52,53,54,55);5-8,16-23H,9-15,24-27H2,1-4H3,(H-,42,43,44,45,46,47);1-3,10H,(H,7,8,9);;;;/q;;;3*+1;-1/p-1. The Kier molecular flexibility index (Phi) is 33.2. The molecule has 2 aromatic heterocycles. The Hall–Kier alpha value is -6.62. The monoisotopic (exact) mass is 1750 g/mol. The minimum atomic E-state index is -4.31. The fraction of sp³-hybridized carbons (Fsp3) is 0.375. The number of rotatable bonds is 27. The Balaban J connectivity index is 0.000000263. The van der Waals surface area contributed by atoms with Crippen LogP contribution in [0.1, 0.15) is 169 Å². The topological polar surface area (TPSA) is 354 Å². The fourth-order valence-electron chi connectivity index (χ4n) is 16.6. The molecule has 24 nitrogen and oxygen atoms in total. The molecule has 0 saturated heterocycles. The number of benzene rings is 6. The number of hydrogen-bond acceptors (Lipinski definition) is 19. The molecular weight excluding hydrogens is 1650 g/mol. The summed E-state index contributed by atoms with van der Waals surface area (Å²) >= 11 is 7.12. The molecule has 0 fully saturated rings. The normalized spacial score (nSPS) is 18.9. The van der Waals surface area contributed by atoms with Crippen molar-refractivity contribution in [3.63, 3.8) is 0 Å². The number of aromatic nitrogens is 6. The number of nitrogens with one attached hydrogen (secondary N) is 2. The number of unbranched alkanes of at least 4 members (excludes halogenated alkanes) is 4. The van der Waals surface area contributed by atoms with Gasteiger partial charge in [-0.25, -0.2) is 33.7 Å². The summed E-state index contributed by atoms with van der Waals surface area (Å²) in [6, 6.07) is 43.4. The van der Waals surface area contributed by atoms with E-state index in [1.165, 1.54) is 16.7 Å². The number of aromatic amines is 2. The molecule has 4 aliphatic heterocycles. The van der Waals surface area contributed by atoms with E-state index in [4.69, 9.17) is 21.4 Å². The number of halogens is 1. The van der Waals surface area contributed by atoms with E-state index in [2.05, 4.69) is 202 Å². The van der Waals surface area contributed by atoms with Crippen molar-refractivity contribution in [2.75, 3.05) is 47.5 Å². The van der Waals surface area contributed by atoms with Crippen molar-refractivity contribution < 1.29 is 166 Å². The van der Waals surface area contributed by atoms with Gasteiger partial charge in [-0.1, -0.05) is 110 Å². The van der Waals surface area contributed by atoms with Crippen LogP contribution in [0.2, 0.25) is 0 Å². The minimum absolute atomic E-state index is 0. The predicted octanol–water partition coefficient (Wildman–Crippen LogP) is 6.92. The molecule has 0 unspecified atom stereocenters. The van der Waals surface area contributed by atoms with E-state index in [1.54, 1.807) is 18.2 Å². The first kappa shape index (κ1) is 97.2. The number of hydrogen-bond donors (Lipinski definition) is 3. The molecular formula is C88H101ClN10Na3O14S4+. The van der Waals surface area contributed by atoms with Crippen LogP contribution in [0.3, 0.4) is 0 Å². The van der Waals surface area contributed by atoms with Gasteiger partial charge in [-0.3, -0.25) is 0 Å². The third kappa shape index (κ3) is 23.7. The van der Waals surface area contributed by atoms with Gasteiger partial charge in [0.25, 0.3) is 0 Å². The molecule has 6 aromatic carbocycles. The van der Waals surface area contributed by atoms with E-state index in [9.17, 15) is 51.9 Å². The Morgan fingerprint density at radius 2 is 0.933 bits per heavy atom. The zero-order valence-corrected chi connectivity index (χ0v) is 80.1. The van der Waals surface area contributed by atoms with Crippen LogP contribution in [-0.4, -0.2) is 162 Å². The van der Waals surface area contributed by atoms with Gasteiger partial charge >= 0.3 is 88.7 Å². The summed E-state index contributed by atoms with van der Waals surface area (Å²) in [4.78, 5) is 2.24. The molecule has 620 valence electrons.